The van der Waals surface area contributed by atoms with Gasteiger partial charge in [-0.15, -0.1) is 0 Å². The first-order valence-corrected chi connectivity index (χ1v) is 10.7. The summed E-state index contributed by atoms with van der Waals surface area (Å²) < 4.78 is 31.9. The summed E-state index contributed by atoms with van der Waals surface area (Å²) >= 11 is 6.12. The average Bonchev–Trinajstić information content (AvgIpc) is 3.40. The molecule has 0 saturated carbocycles. The Kier molecular flexibility index (Phi) is 5.30. The van der Waals surface area contributed by atoms with E-state index in [9.17, 15) is 8.42 Å². The Morgan fingerprint density at radius 1 is 1.00 bits per heavy atom. The summed E-state index contributed by atoms with van der Waals surface area (Å²) in [5.41, 5.74) is 1.53. The van der Waals surface area contributed by atoms with Crippen LogP contribution < -0.4 is 0 Å². The molecule has 0 spiro atoms. The highest BCUT2D eigenvalue weighted by molar-refractivity contribution is 7.89. The predicted molar refractivity (Wildman–Crippen MR) is 108 cm³/mol. The minimum atomic E-state index is -3.43. The fraction of sp³-hybridized carbons (Fsp3) is 0.200. The molecule has 2 aromatic carbocycles. The van der Waals surface area contributed by atoms with E-state index in [0.717, 1.165) is 18.4 Å². The van der Waals surface area contributed by atoms with Crippen molar-refractivity contribution in [2.45, 2.75) is 17.7 Å². The standard InChI is InChI=1S/C20H18ClN3O3S/c21-18-6-2-1-5-15(18)9-12-19-22-20(23-27-19)16-7-10-17(11-8-16)28(25,26)24-13-3-4-14-24/h1-2,5-12H,3-4,13-14H2/b12-9+. The lowest BCUT2D eigenvalue weighted by Gasteiger charge is -2.15. The fourth-order valence-corrected chi connectivity index (χ4v) is 4.76. The summed E-state index contributed by atoms with van der Waals surface area (Å²) in [7, 11) is -3.43. The zero-order valence-corrected chi connectivity index (χ0v) is 16.5. The van der Waals surface area contributed by atoms with Gasteiger partial charge in [-0.2, -0.15) is 9.29 Å². The van der Waals surface area contributed by atoms with Crippen molar-refractivity contribution in [3.63, 3.8) is 0 Å². The van der Waals surface area contributed by atoms with Crippen LogP contribution in [0, 0.1) is 0 Å². The van der Waals surface area contributed by atoms with Gasteiger partial charge in [0.05, 0.1) is 4.90 Å². The monoisotopic (exact) mass is 415 g/mol. The Morgan fingerprint density at radius 2 is 1.71 bits per heavy atom. The molecular formula is C20H18ClN3O3S. The second kappa shape index (κ2) is 7.87. The van der Waals surface area contributed by atoms with Crippen molar-refractivity contribution >= 4 is 33.8 Å². The maximum atomic E-state index is 12.6. The first kappa shape index (κ1) is 18.9. The molecule has 28 heavy (non-hydrogen) atoms. The van der Waals surface area contributed by atoms with Crippen molar-refractivity contribution in [1.82, 2.24) is 14.4 Å². The average molecular weight is 416 g/mol. The van der Waals surface area contributed by atoms with Crippen molar-refractivity contribution in [3.05, 3.63) is 65.0 Å². The van der Waals surface area contributed by atoms with E-state index in [2.05, 4.69) is 10.1 Å². The number of sulfonamides is 1. The van der Waals surface area contributed by atoms with Crippen LogP contribution in [0.15, 0.2) is 57.9 Å². The molecule has 0 N–H and O–H groups in total. The maximum Gasteiger partial charge on any atom is 0.250 e. The normalized spacial score (nSPS) is 15.5. The number of halogens is 1. The molecule has 4 rings (SSSR count). The summed E-state index contributed by atoms with van der Waals surface area (Å²) in [6.45, 7) is 1.16. The third-order valence-electron chi connectivity index (χ3n) is 4.57. The molecule has 0 aliphatic carbocycles. The molecule has 0 bridgehead atoms. The van der Waals surface area contributed by atoms with Crippen molar-refractivity contribution in [2.75, 3.05) is 13.1 Å². The molecule has 1 saturated heterocycles. The number of rotatable bonds is 5. The number of aromatic nitrogens is 2. The molecule has 0 radical (unpaired) electrons. The summed E-state index contributed by atoms with van der Waals surface area (Å²) in [6, 6.07) is 14.0. The molecule has 2 heterocycles. The molecule has 1 aliphatic heterocycles. The third kappa shape index (κ3) is 3.87. The van der Waals surface area contributed by atoms with Gasteiger partial charge in [0.15, 0.2) is 0 Å². The van der Waals surface area contributed by atoms with Gasteiger partial charge in [-0.3, -0.25) is 0 Å². The van der Waals surface area contributed by atoms with Gasteiger partial charge >= 0.3 is 0 Å². The SMILES string of the molecule is O=S(=O)(c1ccc(-c2noc(/C=C/c3ccccc3Cl)n2)cc1)N1CCCC1. The van der Waals surface area contributed by atoms with E-state index in [0.29, 0.717) is 35.4 Å². The lowest BCUT2D eigenvalue weighted by Crippen LogP contribution is -2.27. The van der Waals surface area contributed by atoms with Crippen molar-refractivity contribution in [3.8, 4) is 11.4 Å². The molecule has 1 fully saturated rings. The molecule has 0 atom stereocenters. The zero-order chi connectivity index (χ0) is 19.6. The van der Waals surface area contributed by atoms with Crippen molar-refractivity contribution < 1.29 is 12.9 Å². The number of hydrogen-bond donors (Lipinski definition) is 0. The molecule has 0 amide bonds. The molecule has 0 unspecified atom stereocenters. The minimum Gasteiger partial charge on any atom is -0.334 e. The molecular weight excluding hydrogens is 398 g/mol. The highest BCUT2D eigenvalue weighted by Crippen LogP contribution is 2.24. The maximum absolute atomic E-state index is 12.6. The van der Waals surface area contributed by atoms with Gasteiger partial charge in [0.25, 0.3) is 5.89 Å². The van der Waals surface area contributed by atoms with E-state index in [1.54, 1.807) is 42.5 Å². The van der Waals surface area contributed by atoms with E-state index in [-0.39, 0.29) is 4.90 Å². The quantitative estimate of drug-likeness (QED) is 0.619. The van der Waals surface area contributed by atoms with Gasteiger partial charge in [-0.05, 0) is 54.8 Å². The van der Waals surface area contributed by atoms with E-state index in [1.165, 1.54) is 4.31 Å². The van der Waals surface area contributed by atoms with E-state index in [4.69, 9.17) is 16.1 Å². The Balaban J connectivity index is 1.52. The number of hydrogen-bond acceptors (Lipinski definition) is 5. The van der Waals surface area contributed by atoms with Crippen LogP contribution >= 0.6 is 11.6 Å². The highest BCUT2D eigenvalue weighted by atomic mass is 35.5. The van der Waals surface area contributed by atoms with Gasteiger partial charge < -0.3 is 4.52 Å². The molecule has 1 aliphatic rings. The lowest BCUT2D eigenvalue weighted by molar-refractivity contribution is 0.411. The fourth-order valence-electron chi connectivity index (χ4n) is 3.05. The van der Waals surface area contributed by atoms with Crippen LogP contribution in [0.1, 0.15) is 24.3 Å². The predicted octanol–water partition coefficient (Wildman–Crippen LogP) is 4.34. The molecule has 144 valence electrons. The number of nitrogens with zero attached hydrogens (tertiary/aromatic N) is 3. The Labute approximate surface area is 168 Å². The Hall–Kier alpha value is -2.48. The Morgan fingerprint density at radius 3 is 2.43 bits per heavy atom. The van der Waals surface area contributed by atoms with Gasteiger partial charge in [0, 0.05) is 29.8 Å². The van der Waals surface area contributed by atoms with Gasteiger partial charge in [-0.25, -0.2) is 8.42 Å². The topological polar surface area (TPSA) is 76.3 Å². The highest BCUT2D eigenvalue weighted by Gasteiger charge is 2.27. The molecule has 1 aromatic heterocycles. The van der Waals surface area contributed by atoms with Gasteiger partial charge in [0.1, 0.15) is 0 Å². The smallest absolute Gasteiger partial charge is 0.250 e. The van der Waals surface area contributed by atoms with Gasteiger partial charge in [-0.1, -0.05) is 35.0 Å². The van der Waals surface area contributed by atoms with E-state index in [1.807, 2.05) is 18.2 Å². The van der Waals surface area contributed by atoms with Crippen LogP contribution in [-0.2, 0) is 10.0 Å². The largest absolute Gasteiger partial charge is 0.334 e. The summed E-state index contributed by atoms with van der Waals surface area (Å²) in [5.74, 6) is 0.729. The number of benzene rings is 2. The summed E-state index contributed by atoms with van der Waals surface area (Å²) in [4.78, 5) is 4.61. The minimum absolute atomic E-state index is 0.278. The second-order valence-electron chi connectivity index (χ2n) is 6.45. The van der Waals surface area contributed by atoms with Crippen molar-refractivity contribution in [2.24, 2.45) is 0 Å². The zero-order valence-electron chi connectivity index (χ0n) is 15.0. The third-order valence-corrected chi connectivity index (χ3v) is 6.82. The van der Waals surface area contributed by atoms with Crippen LogP contribution in [-0.4, -0.2) is 36.0 Å². The lowest BCUT2D eigenvalue weighted by atomic mass is 10.2. The van der Waals surface area contributed by atoms with Crippen LogP contribution in [0.5, 0.6) is 0 Å². The van der Waals surface area contributed by atoms with Crippen LogP contribution in [0.25, 0.3) is 23.5 Å². The second-order valence-corrected chi connectivity index (χ2v) is 8.79. The first-order valence-electron chi connectivity index (χ1n) is 8.91. The van der Waals surface area contributed by atoms with E-state index >= 15 is 0 Å². The first-order chi connectivity index (χ1) is 13.5. The van der Waals surface area contributed by atoms with E-state index < -0.39 is 10.0 Å². The van der Waals surface area contributed by atoms with Crippen LogP contribution in [0.3, 0.4) is 0 Å². The van der Waals surface area contributed by atoms with Gasteiger partial charge in [0.2, 0.25) is 15.8 Å². The van der Waals surface area contributed by atoms with Crippen LogP contribution in [0.4, 0.5) is 0 Å². The van der Waals surface area contributed by atoms with Crippen molar-refractivity contribution in [1.29, 1.82) is 0 Å². The molecule has 3 aromatic rings. The summed E-state index contributed by atoms with van der Waals surface area (Å²) in [5, 5.41) is 4.59. The van der Waals surface area contributed by atoms with Crippen LogP contribution in [0.2, 0.25) is 5.02 Å². The molecule has 8 heteroatoms. The Bertz CT molecular complexity index is 1100. The molecule has 6 nitrogen and oxygen atoms in total. The summed E-state index contributed by atoms with van der Waals surface area (Å²) in [6.07, 6.45) is 5.30.